The quantitative estimate of drug-likeness (QED) is 0.538. The van der Waals surface area contributed by atoms with Gasteiger partial charge in [-0.05, 0) is 69.0 Å². The van der Waals surface area contributed by atoms with Crippen LogP contribution in [0.1, 0.15) is 36.8 Å². The smallest absolute Gasteiger partial charge is 0.320 e. The predicted octanol–water partition coefficient (Wildman–Crippen LogP) is 2.30. The SMILES string of the molecule is COc1nc(N2CCOC(C(C)O)C2)cc(-n2ncc3cc(C)c(C4CCN(C5COC5)CC4)cc32)n1. The van der Waals surface area contributed by atoms with E-state index in [1.54, 1.807) is 14.0 Å². The van der Waals surface area contributed by atoms with Crippen molar-refractivity contribution in [3.63, 3.8) is 0 Å². The van der Waals surface area contributed by atoms with Gasteiger partial charge in [0.1, 0.15) is 11.9 Å². The first-order valence-electron chi connectivity index (χ1n) is 13.3. The van der Waals surface area contributed by atoms with Crippen LogP contribution in [0.4, 0.5) is 5.82 Å². The Morgan fingerprint density at radius 2 is 1.86 bits per heavy atom. The number of fused-ring (bicyclic) bond motifs is 1. The Kier molecular flexibility index (Phi) is 6.74. The van der Waals surface area contributed by atoms with Gasteiger partial charge in [-0.3, -0.25) is 4.90 Å². The predicted molar refractivity (Wildman–Crippen MR) is 140 cm³/mol. The summed E-state index contributed by atoms with van der Waals surface area (Å²) in [7, 11) is 1.57. The van der Waals surface area contributed by atoms with Crippen molar-refractivity contribution < 1.29 is 19.3 Å². The van der Waals surface area contributed by atoms with Crippen LogP contribution in [0.25, 0.3) is 16.7 Å². The number of nitrogens with zero attached hydrogens (tertiary/aromatic N) is 6. The molecule has 2 unspecified atom stereocenters. The standard InChI is InChI=1S/C27H36N6O4/c1-17-10-20-13-28-33(23(20)11-22(17)19-4-6-31(7-5-19)21-15-36-16-21)26-12-25(29-27(30-26)35-3)32-8-9-37-24(14-32)18(2)34/h10-13,18-19,21,24,34H,4-9,14-16H2,1-3H3. The van der Waals surface area contributed by atoms with Crippen LogP contribution in [0.5, 0.6) is 6.01 Å². The number of methoxy groups -OCH3 is 1. The molecular formula is C27H36N6O4. The lowest BCUT2D eigenvalue weighted by Crippen LogP contribution is -2.51. The van der Waals surface area contributed by atoms with Gasteiger partial charge >= 0.3 is 6.01 Å². The van der Waals surface area contributed by atoms with Gasteiger partial charge in [-0.1, -0.05) is 0 Å². The van der Waals surface area contributed by atoms with Crippen molar-refractivity contribution in [1.82, 2.24) is 24.6 Å². The molecule has 3 fully saturated rings. The highest BCUT2D eigenvalue weighted by atomic mass is 16.5. The Balaban J connectivity index is 1.31. The molecule has 10 heteroatoms. The molecule has 0 spiro atoms. The average molecular weight is 509 g/mol. The summed E-state index contributed by atoms with van der Waals surface area (Å²) in [5, 5.41) is 15.9. The van der Waals surface area contributed by atoms with Crippen LogP contribution in [0.3, 0.4) is 0 Å². The van der Waals surface area contributed by atoms with E-state index >= 15 is 0 Å². The second-order valence-electron chi connectivity index (χ2n) is 10.5. The summed E-state index contributed by atoms with van der Waals surface area (Å²) in [4.78, 5) is 13.9. The summed E-state index contributed by atoms with van der Waals surface area (Å²) in [6.45, 7) is 9.71. The molecule has 198 valence electrons. The van der Waals surface area contributed by atoms with Gasteiger partial charge in [-0.25, -0.2) is 4.68 Å². The number of aliphatic hydroxyl groups is 1. The van der Waals surface area contributed by atoms with E-state index in [0.29, 0.717) is 37.5 Å². The number of benzene rings is 1. The van der Waals surface area contributed by atoms with Gasteiger partial charge in [0.05, 0.1) is 50.8 Å². The first kappa shape index (κ1) is 24.5. The molecule has 0 amide bonds. The van der Waals surface area contributed by atoms with Crippen molar-refractivity contribution in [3.05, 3.63) is 35.5 Å². The van der Waals surface area contributed by atoms with Crippen LogP contribution >= 0.6 is 0 Å². The van der Waals surface area contributed by atoms with Crippen LogP contribution in [-0.2, 0) is 9.47 Å². The minimum atomic E-state index is -0.559. The van der Waals surface area contributed by atoms with Gasteiger partial charge in [0.2, 0.25) is 0 Å². The molecular weight excluding hydrogens is 472 g/mol. The molecule has 3 aliphatic rings. The molecule has 0 bridgehead atoms. The van der Waals surface area contributed by atoms with E-state index in [4.69, 9.17) is 19.3 Å². The summed E-state index contributed by atoms with van der Waals surface area (Å²) in [5.74, 6) is 1.93. The van der Waals surface area contributed by atoms with Crippen LogP contribution in [0.2, 0.25) is 0 Å². The Morgan fingerprint density at radius 3 is 2.57 bits per heavy atom. The highest BCUT2D eigenvalue weighted by molar-refractivity contribution is 5.82. The van der Waals surface area contributed by atoms with Gasteiger partial charge in [0, 0.05) is 24.5 Å². The second kappa shape index (κ2) is 10.2. The number of anilines is 1. The third kappa shape index (κ3) is 4.79. The minimum absolute atomic E-state index is 0.266. The number of aliphatic hydroxyl groups excluding tert-OH is 1. The first-order chi connectivity index (χ1) is 18.0. The topological polar surface area (TPSA) is 98.0 Å². The van der Waals surface area contributed by atoms with Gasteiger partial charge in [0.15, 0.2) is 5.82 Å². The third-order valence-electron chi connectivity index (χ3n) is 8.10. The molecule has 3 aromatic rings. The number of hydrogen-bond donors (Lipinski definition) is 1. The van der Waals surface area contributed by atoms with E-state index in [0.717, 1.165) is 55.9 Å². The zero-order valence-corrected chi connectivity index (χ0v) is 21.8. The number of rotatable bonds is 6. The lowest BCUT2D eigenvalue weighted by molar-refractivity contribution is -0.0712. The molecule has 37 heavy (non-hydrogen) atoms. The zero-order valence-electron chi connectivity index (χ0n) is 21.8. The molecule has 6 rings (SSSR count). The number of likely N-dealkylation sites (tertiary alicyclic amines) is 1. The number of hydrogen-bond acceptors (Lipinski definition) is 9. The van der Waals surface area contributed by atoms with Crippen LogP contribution in [-0.4, -0.2) is 101 Å². The van der Waals surface area contributed by atoms with Crippen molar-refractivity contribution >= 4 is 16.7 Å². The Morgan fingerprint density at radius 1 is 1.08 bits per heavy atom. The Labute approximate surface area is 217 Å². The van der Waals surface area contributed by atoms with Crippen LogP contribution in [0.15, 0.2) is 24.4 Å². The fraction of sp³-hybridized carbons (Fsp3) is 0.593. The van der Waals surface area contributed by atoms with Gasteiger partial charge in [0.25, 0.3) is 0 Å². The maximum atomic E-state index is 10.0. The molecule has 5 heterocycles. The van der Waals surface area contributed by atoms with Gasteiger partial charge in [-0.15, -0.1) is 0 Å². The van der Waals surface area contributed by atoms with Crippen molar-refractivity contribution in [3.8, 4) is 11.8 Å². The van der Waals surface area contributed by atoms with Crippen molar-refractivity contribution in [2.45, 2.75) is 50.9 Å². The summed E-state index contributed by atoms with van der Waals surface area (Å²) >= 11 is 0. The van der Waals surface area contributed by atoms with Crippen LogP contribution < -0.4 is 9.64 Å². The molecule has 3 saturated heterocycles. The lowest BCUT2D eigenvalue weighted by Gasteiger charge is -2.41. The molecule has 0 radical (unpaired) electrons. The van der Waals surface area contributed by atoms with Crippen LogP contribution in [0, 0.1) is 6.92 Å². The van der Waals surface area contributed by atoms with Crippen molar-refractivity contribution in [2.75, 3.05) is 58.0 Å². The molecule has 2 atom stereocenters. The summed E-state index contributed by atoms with van der Waals surface area (Å²) < 4.78 is 18.5. The zero-order chi connectivity index (χ0) is 25.5. The van der Waals surface area contributed by atoms with Crippen molar-refractivity contribution in [2.24, 2.45) is 0 Å². The molecule has 0 saturated carbocycles. The monoisotopic (exact) mass is 508 g/mol. The fourth-order valence-electron chi connectivity index (χ4n) is 5.77. The number of morpholine rings is 1. The highest BCUT2D eigenvalue weighted by Gasteiger charge is 2.31. The maximum absolute atomic E-state index is 10.0. The summed E-state index contributed by atoms with van der Waals surface area (Å²) in [5.41, 5.74) is 3.75. The molecule has 1 N–H and O–H groups in total. The first-order valence-corrected chi connectivity index (χ1v) is 13.3. The van der Waals surface area contributed by atoms with Gasteiger partial charge in [-0.2, -0.15) is 15.1 Å². The average Bonchev–Trinajstić information content (AvgIpc) is 3.30. The number of piperidine rings is 1. The molecule has 1 aromatic carbocycles. The van der Waals surface area contributed by atoms with Gasteiger partial charge < -0.3 is 24.2 Å². The number of ether oxygens (including phenoxy) is 3. The van der Waals surface area contributed by atoms with E-state index in [2.05, 4.69) is 38.8 Å². The largest absolute Gasteiger partial charge is 0.467 e. The number of aryl methyl sites for hydroxylation is 1. The fourth-order valence-corrected chi connectivity index (χ4v) is 5.77. The number of aromatic nitrogens is 4. The molecule has 2 aromatic heterocycles. The van der Waals surface area contributed by atoms with E-state index in [1.807, 2.05) is 16.9 Å². The third-order valence-corrected chi connectivity index (χ3v) is 8.10. The van der Waals surface area contributed by atoms with E-state index in [-0.39, 0.29) is 12.1 Å². The Bertz CT molecular complexity index is 1250. The van der Waals surface area contributed by atoms with E-state index in [9.17, 15) is 5.11 Å². The molecule has 10 nitrogen and oxygen atoms in total. The highest BCUT2D eigenvalue weighted by Crippen LogP contribution is 2.35. The summed E-state index contributed by atoms with van der Waals surface area (Å²) in [6.07, 6.45) is 3.39. The normalized spacial score (nSPS) is 22.8. The maximum Gasteiger partial charge on any atom is 0.320 e. The second-order valence-corrected chi connectivity index (χ2v) is 10.5. The minimum Gasteiger partial charge on any atom is -0.467 e. The lowest BCUT2D eigenvalue weighted by atomic mass is 9.85. The van der Waals surface area contributed by atoms with E-state index < -0.39 is 6.10 Å². The van der Waals surface area contributed by atoms with Crippen molar-refractivity contribution in [1.29, 1.82) is 0 Å². The molecule has 0 aliphatic carbocycles. The Hall–Kier alpha value is -2.79. The van der Waals surface area contributed by atoms with E-state index in [1.165, 1.54) is 11.1 Å². The summed E-state index contributed by atoms with van der Waals surface area (Å²) in [6, 6.07) is 7.38. The molecule has 3 aliphatic heterocycles.